The Bertz CT molecular complexity index is 2370. The molecule has 4 saturated heterocycles. The number of fused-ring (bicyclic) bond motifs is 2. The number of rotatable bonds is 8. The van der Waals surface area contributed by atoms with Crippen LogP contribution in [0.3, 0.4) is 0 Å². The van der Waals surface area contributed by atoms with Gasteiger partial charge in [-0.15, -0.1) is 0 Å². The van der Waals surface area contributed by atoms with Crippen molar-refractivity contribution in [1.29, 1.82) is 0 Å². The third kappa shape index (κ3) is 6.43. The second-order valence-corrected chi connectivity index (χ2v) is 16.1. The second-order valence-electron chi connectivity index (χ2n) is 15.6. The van der Waals surface area contributed by atoms with Crippen LogP contribution in [0.2, 0.25) is 5.02 Å². The first-order valence-electron chi connectivity index (χ1n) is 19.4. The van der Waals surface area contributed by atoms with E-state index in [9.17, 15) is 4.79 Å². The van der Waals surface area contributed by atoms with Crippen molar-refractivity contribution < 1.29 is 19.0 Å². The lowest BCUT2D eigenvalue weighted by molar-refractivity contribution is -0.0712. The Morgan fingerprint density at radius 3 is 2.05 bits per heavy atom. The minimum absolute atomic E-state index is 0.0163. The minimum atomic E-state index is -0.601. The Morgan fingerprint density at radius 1 is 0.782 bits per heavy atom. The standard InChI is InChI=1S/C40H45ClN10O4/c1-25-11-35-37(45-51(29-16-42-46(2)18-29)39(35)13-33(25)26-3-7-47(8-4-26)31-20-53-21-31)24-55-40(52)49-19-30(17-43-49)50-38-14-34(36(41)12-28(38)15-44-50)27-5-9-48(10-6-27)32-22-54-23-32/h11-19,26-27,31-32H,3-10,20-24H2,1-2H3. The van der Waals surface area contributed by atoms with Crippen LogP contribution in [-0.2, 0) is 27.9 Å². The van der Waals surface area contributed by atoms with E-state index < -0.39 is 6.09 Å². The van der Waals surface area contributed by atoms with Gasteiger partial charge in [0.2, 0.25) is 0 Å². The van der Waals surface area contributed by atoms with Gasteiger partial charge in [0.05, 0.1) is 80.5 Å². The van der Waals surface area contributed by atoms with Crippen molar-refractivity contribution in [3.63, 3.8) is 0 Å². The highest BCUT2D eigenvalue weighted by molar-refractivity contribution is 6.32. The van der Waals surface area contributed by atoms with Crippen LogP contribution in [0.5, 0.6) is 0 Å². The molecule has 2 aromatic carbocycles. The van der Waals surface area contributed by atoms with Gasteiger partial charge in [0, 0.05) is 22.8 Å². The summed E-state index contributed by atoms with van der Waals surface area (Å²) in [4.78, 5) is 18.6. The molecule has 0 unspecified atom stereocenters. The zero-order valence-corrected chi connectivity index (χ0v) is 31.9. The van der Waals surface area contributed by atoms with Gasteiger partial charge in [0.15, 0.2) is 0 Å². The van der Waals surface area contributed by atoms with E-state index in [1.165, 1.54) is 15.8 Å². The third-order valence-corrected chi connectivity index (χ3v) is 12.6. The van der Waals surface area contributed by atoms with Crippen molar-refractivity contribution in [1.82, 2.24) is 48.9 Å². The van der Waals surface area contributed by atoms with Crippen LogP contribution < -0.4 is 0 Å². The van der Waals surface area contributed by atoms with Gasteiger partial charge in [-0.25, -0.2) is 14.2 Å². The summed E-state index contributed by atoms with van der Waals surface area (Å²) < 4.78 is 23.4. The highest BCUT2D eigenvalue weighted by Crippen LogP contribution is 2.38. The van der Waals surface area contributed by atoms with Crippen LogP contribution in [0.4, 0.5) is 4.79 Å². The number of likely N-dealkylation sites (tertiary alicyclic amines) is 2. The molecule has 8 heterocycles. The van der Waals surface area contributed by atoms with Gasteiger partial charge in [-0.3, -0.25) is 14.5 Å². The fourth-order valence-corrected chi connectivity index (χ4v) is 9.25. The fraction of sp³-hybridized carbons (Fsp3) is 0.475. The molecule has 4 aromatic heterocycles. The van der Waals surface area contributed by atoms with Crippen LogP contribution in [0, 0.1) is 6.92 Å². The zero-order valence-electron chi connectivity index (χ0n) is 31.2. The third-order valence-electron chi connectivity index (χ3n) is 12.3. The van der Waals surface area contributed by atoms with Crippen LogP contribution in [0.25, 0.3) is 33.2 Å². The van der Waals surface area contributed by atoms with E-state index in [-0.39, 0.29) is 6.61 Å². The van der Waals surface area contributed by atoms with E-state index in [0.717, 1.165) is 116 Å². The molecular weight excluding hydrogens is 720 g/mol. The summed E-state index contributed by atoms with van der Waals surface area (Å²) in [5.41, 5.74) is 7.77. The molecule has 0 saturated carbocycles. The molecule has 15 heteroatoms. The number of nitrogens with zero attached hydrogens (tertiary/aromatic N) is 10. The predicted molar refractivity (Wildman–Crippen MR) is 206 cm³/mol. The van der Waals surface area contributed by atoms with E-state index in [1.54, 1.807) is 29.5 Å². The second kappa shape index (κ2) is 14.2. The lowest BCUT2D eigenvalue weighted by Crippen LogP contribution is -2.51. The summed E-state index contributed by atoms with van der Waals surface area (Å²) in [7, 11) is 1.89. The van der Waals surface area contributed by atoms with Gasteiger partial charge in [-0.05, 0) is 112 Å². The Kier molecular flexibility index (Phi) is 8.97. The van der Waals surface area contributed by atoms with E-state index in [0.29, 0.717) is 35.3 Å². The number of benzene rings is 2. The lowest BCUT2D eigenvalue weighted by atomic mass is 9.85. The summed E-state index contributed by atoms with van der Waals surface area (Å²) >= 11 is 6.84. The van der Waals surface area contributed by atoms with E-state index in [4.69, 9.17) is 30.9 Å². The number of carbonyl (C=O) groups excluding carboxylic acids is 1. The lowest BCUT2D eigenvalue weighted by Gasteiger charge is -2.41. The van der Waals surface area contributed by atoms with Crippen molar-refractivity contribution in [2.45, 2.75) is 63.1 Å². The summed E-state index contributed by atoms with van der Waals surface area (Å²) in [5.74, 6) is 0.837. The summed E-state index contributed by atoms with van der Waals surface area (Å²) in [6.45, 7) is 9.77. The molecule has 4 aliphatic rings. The summed E-state index contributed by atoms with van der Waals surface area (Å²) in [5, 5.41) is 21.0. The normalized spacial score (nSPS) is 19.7. The average molecular weight is 765 g/mol. The van der Waals surface area contributed by atoms with Gasteiger partial charge < -0.3 is 14.2 Å². The maximum absolute atomic E-state index is 13.5. The van der Waals surface area contributed by atoms with Crippen molar-refractivity contribution in [3.8, 4) is 11.4 Å². The number of piperidine rings is 2. The molecule has 0 bridgehead atoms. The van der Waals surface area contributed by atoms with E-state index >= 15 is 0 Å². The molecule has 55 heavy (non-hydrogen) atoms. The monoisotopic (exact) mass is 764 g/mol. The van der Waals surface area contributed by atoms with Crippen molar-refractivity contribution in [3.05, 3.63) is 82.7 Å². The van der Waals surface area contributed by atoms with Gasteiger partial charge >= 0.3 is 6.09 Å². The molecule has 10 rings (SSSR count). The Hall–Kier alpha value is -4.60. The van der Waals surface area contributed by atoms with Crippen LogP contribution >= 0.6 is 11.6 Å². The first kappa shape index (κ1) is 34.9. The first-order chi connectivity index (χ1) is 26.9. The smallest absolute Gasteiger partial charge is 0.435 e. The molecule has 4 aliphatic heterocycles. The van der Waals surface area contributed by atoms with Crippen LogP contribution in [0.1, 0.15) is 59.9 Å². The highest BCUT2D eigenvalue weighted by atomic mass is 35.5. The molecule has 0 aliphatic carbocycles. The molecule has 0 amide bonds. The zero-order chi connectivity index (χ0) is 37.2. The van der Waals surface area contributed by atoms with Gasteiger partial charge in [-0.2, -0.15) is 25.1 Å². The molecule has 6 aromatic rings. The summed E-state index contributed by atoms with van der Waals surface area (Å²) in [6, 6.07) is 9.74. The predicted octanol–water partition coefficient (Wildman–Crippen LogP) is 5.60. The van der Waals surface area contributed by atoms with Crippen LogP contribution in [-0.4, -0.2) is 120 Å². The molecule has 0 N–H and O–H groups in total. The molecular formula is C40H45ClN10O4. The van der Waals surface area contributed by atoms with Gasteiger partial charge in [0.1, 0.15) is 23.7 Å². The molecule has 0 atom stereocenters. The Morgan fingerprint density at radius 2 is 1.42 bits per heavy atom. The Balaban J connectivity index is 0.870. The molecule has 14 nitrogen and oxygen atoms in total. The van der Waals surface area contributed by atoms with E-state index in [2.05, 4.69) is 50.2 Å². The number of aryl methyl sites for hydroxylation is 2. The van der Waals surface area contributed by atoms with E-state index in [1.807, 2.05) is 28.7 Å². The quantitative estimate of drug-likeness (QED) is 0.194. The number of carbonyl (C=O) groups is 1. The minimum Gasteiger partial charge on any atom is -0.441 e. The topological polar surface area (TPSA) is 123 Å². The molecule has 286 valence electrons. The summed E-state index contributed by atoms with van der Waals surface area (Å²) in [6.07, 6.45) is 12.5. The fourth-order valence-electron chi connectivity index (χ4n) is 8.93. The number of hydrogen-bond donors (Lipinski definition) is 0. The van der Waals surface area contributed by atoms with Crippen molar-refractivity contribution >= 4 is 39.5 Å². The SMILES string of the molecule is Cc1cc2c(COC(=O)n3cc(-n4ncc5cc(Cl)c(C6CCN(C7COC7)CC6)cc54)cn3)nn(-c3cnn(C)c3)c2cc1C1CCN(C2COC2)CC1. The van der Waals surface area contributed by atoms with Crippen molar-refractivity contribution in [2.24, 2.45) is 7.05 Å². The first-order valence-corrected chi connectivity index (χ1v) is 19.8. The maximum atomic E-state index is 13.5. The largest absolute Gasteiger partial charge is 0.441 e. The average Bonchev–Trinajstić information content (AvgIpc) is 3.95. The number of aromatic nitrogens is 8. The maximum Gasteiger partial charge on any atom is 0.435 e. The van der Waals surface area contributed by atoms with Crippen LogP contribution in [0.15, 0.2) is 55.2 Å². The molecule has 0 radical (unpaired) electrons. The Labute approximate surface area is 323 Å². The van der Waals surface area contributed by atoms with Crippen molar-refractivity contribution in [2.75, 3.05) is 52.6 Å². The van der Waals surface area contributed by atoms with Gasteiger partial charge in [-0.1, -0.05) is 11.6 Å². The highest BCUT2D eigenvalue weighted by Gasteiger charge is 2.32. The molecule has 4 fully saturated rings. The number of halogens is 1. The number of hydrogen-bond acceptors (Lipinski definition) is 10. The van der Waals surface area contributed by atoms with Gasteiger partial charge in [0.25, 0.3) is 0 Å². The molecule has 0 spiro atoms. The number of ether oxygens (including phenoxy) is 3.